The van der Waals surface area contributed by atoms with E-state index in [9.17, 15) is 4.79 Å². The van der Waals surface area contributed by atoms with E-state index in [2.05, 4.69) is 11.8 Å². The standard InChI is InChI=1S/C13H19NO2/c1-3-9-14(10-11(2)13(15)16)12-7-5-4-6-8-12/h4-8,11H,3,9-10H2,1-2H3,(H,15,16). The Kier molecular flexibility index (Phi) is 4.83. The molecule has 0 aliphatic rings. The minimum absolute atomic E-state index is 0.341. The topological polar surface area (TPSA) is 40.5 Å². The van der Waals surface area contributed by atoms with Gasteiger partial charge in [0.15, 0.2) is 0 Å². The Hall–Kier alpha value is -1.51. The highest BCUT2D eigenvalue weighted by Gasteiger charge is 2.15. The highest BCUT2D eigenvalue weighted by Crippen LogP contribution is 2.15. The van der Waals surface area contributed by atoms with Crippen molar-refractivity contribution < 1.29 is 9.90 Å². The van der Waals surface area contributed by atoms with Crippen LogP contribution in [0.4, 0.5) is 5.69 Å². The van der Waals surface area contributed by atoms with Gasteiger partial charge in [-0.1, -0.05) is 32.0 Å². The van der Waals surface area contributed by atoms with E-state index in [1.54, 1.807) is 6.92 Å². The minimum atomic E-state index is -0.739. The van der Waals surface area contributed by atoms with Crippen molar-refractivity contribution in [2.24, 2.45) is 5.92 Å². The van der Waals surface area contributed by atoms with Crippen molar-refractivity contribution in [3.8, 4) is 0 Å². The molecule has 0 amide bonds. The zero-order valence-corrected chi connectivity index (χ0v) is 9.89. The van der Waals surface area contributed by atoms with Gasteiger partial charge in [-0.15, -0.1) is 0 Å². The summed E-state index contributed by atoms with van der Waals surface area (Å²) in [5.74, 6) is -1.08. The van der Waals surface area contributed by atoms with Gasteiger partial charge < -0.3 is 10.0 Å². The van der Waals surface area contributed by atoms with Crippen LogP contribution in [0.3, 0.4) is 0 Å². The maximum Gasteiger partial charge on any atom is 0.308 e. The molecule has 0 fully saturated rings. The average Bonchev–Trinajstić information content (AvgIpc) is 2.29. The Morgan fingerprint density at radius 2 is 2.00 bits per heavy atom. The molecule has 88 valence electrons. The molecule has 0 heterocycles. The average molecular weight is 221 g/mol. The van der Waals surface area contributed by atoms with Gasteiger partial charge in [0, 0.05) is 18.8 Å². The molecule has 1 unspecified atom stereocenters. The summed E-state index contributed by atoms with van der Waals surface area (Å²) >= 11 is 0. The van der Waals surface area contributed by atoms with Gasteiger partial charge in [0.2, 0.25) is 0 Å². The van der Waals surface area contributed by atoms with Crippen LogP contribution in [-0.2, 0) is 4.79 Å². The highest BCUT2D eigenvalue weighted by atomic mass is 16.4. The van der Waals surface area contributed by atoms with Crippen molar-refractivity contribution in [3.05, 3.63) is 30.3 Å². The number of hydrogen-bond donors (Lipinski definition) is 1. The first kappa shape index (κ1) is 12.6. The molecule has 1 rings (SSSR count). The van der Waals surface area contributed by atoms with E-state index in [1.807, 2.05) is 30.3 Å². The number of benzene rings is 1. The van der Waals surface area contributed by atoms with Crippen molar-refractivity contribution in [1.82, 2.24) is 0 Å². The van der Waals surface area contributed by atoms with Crippen molar-refractivity contribution in [2.45, 2.75) is 20.3 Å². The largest absolute Gasteiger partial charge is 0.481 e. The molecule has 0 spiro atoms. The molecule has 3 heteroatoms. The first-order chi connectivity index (χ1) is 7.65. The van der Waals surface area contributed by atoms with E-state index in [4.69, 9.17) is 5.11 Å². The fourth-order valence-corrected chi connectivity index (χ4v) is 1.64. The molecule has 0 aliphatic carbocycles. The molecule has 1 N–H and O–H groups in total. The lowest BCUT2D eigenvalue weighted by Gasteiger charge is -2.26. The normalized spacial score (nSPS) is 12.1. The second-order valence-electron chi connectivity index (χ2n) is 4.02. The molecule has 0 aromatic heterocycles. The number of carbonyl (C=O) groups is 1. The zero-order chi connectivity index (χ0) is 12.0. The first-order valence-corrected chi connectivity index (χ1v) is 5.68. The SMILES string of the molecule is CCCN(CC(C)C(=O)O)c1ccccc1. The second-order valence-corrected chi connectivity index (χ2v) is 4.02. The molecular formula is C13H19NO2. The summed E-state index contributed by atoms with van der Waals surface area (Å²) in [5, 5.41) is 8.92. The number of para-hydroxylation sites is 1. The number of carboxylic acid groups (broad SMARTS) is 1. The number of anilines is 1. The van der Waals surface area contributed by atoms with E-state index in [0.29, 0.717) is 6.54 Å². The van der Waals surface area contributed by atoms with Gasteiger partial charge in [-0.3, -0.25) is 4.79 Å². The van der Waals surface area contributed by atoms with Gasteiger partial charge in [-0.2, -0.15) is 0 Å². The number of hydrogen-bond acceptors (Lipinski definition) is 2. The van der Waals surface area contributed by atoms with Crippen molar-refractivity contribution in [3.63, 3.8) is 0 Å². The third-order valence-corrected chi connectivity index (χ3v) is 2.53. The van der Waals surface area contributed by atoms with Gasteiger partial charge in [0.25, 0.3) is 0 Å². The summed E-state index contributed by atoms with van der Waals surface area (Å²) < 4.78 is 0. The Bertz CT molecular complexity index is 324. The Morgan fingerprint density at radius 1 is 1.38 bits per heavy atom. The van der Waals surface area contributed by atoms with Crippen LogP contribution in [0.5, 0.6) is 0 Å². The number of nitrogens with zero attached hydrogens (tertiary/aromatic N) is 1. The van der Waals surface area contributed by atoms with Crippen LogP contribution in [0, 0.1) is 5.92 Å². The molecule has 0 saturated heterocycles. The summed E-state index contributed by atoms with van der Waals surface area (Å²) in [4.78, 5) is 13.0. The maximum absolute atomic E-state index is 10.8. The van der Waals surface area contributed by atoms with Gasteiger partial charge in [0.1, 0.15) is 0 Å². The molecule has 1 aromatic rings. The van der Waals surface area contributed by atoms with E-state index < -0.39 is 5.97 Å². The summed E-state index contributed by atoms with van der Waals surface area (Å²) in [6, 6.07) is 9.95. The fourth-order valence-electron chi connectivity index (χ4n) is 1.64. The Labute approximate surface area is 96.7 Å². The van der Waals surface area contributed by atoms with Crippen LogP contribution >= 0.6 is 0 Å². The zero-order valence-electron chi connectivity index (χ0n) is 9.89. The van der Waals surface area contributed by atoms with Gasteiger partial charge in [-0.25, -0.2) is 0 Å². The molecule has 1 atom stereocenters. The van der Waals surface area contributed by atoms with E-state index in [-0.39, 0.29) is 5.92 Å². The van der Waals surface area contributed by atoms with Crippen LogP contribution in [0.1, 0.15) is 20.3 Å². The predicted octanol–water partition coefficient (Wildman–Crippen LogP) is 2.62. The Balaban J connectivity index is 2.72. The van der Waals surface area contributed by atoms with Gasteiger partial charge in [0.05, 0.1) is 5.92 Å². The van der Waals surface area contributed by atoms with Crippen LogP contribution in [0.25, 0.3) is 0 Å². The van der Waals surface area contributed by atoms with E-state index in [0.717, 1.165) is 18.7 Å². The fraction of sp³-hybridized carbons (Fsp3) is 0.462. The monoisotopic (exact) mass is 221 g/mol. The van der Waals surface area contributed by atoms with Crippen LogP contribution in [0.2, 0.25) is 0 Å². The van der Waals surface area contributed by atoms with Crippen molar-refractivity contribution >= 4 is 11.7 Å². The molecule has 3 nitrogen and oxygen atoms in total. The molecule has 0 saturated carbocycles. The third kappa shape index (κ3) is 3.57. The summed E-state index contributed by atoms with van der Waals surface area (Å²) in [7, 11) is 0. The van der Waals surface area contributed by atoms with Crippen molar-refractivity contribution in [2.75, 3.05) is 18.0 Å². The molecule has 0 bridgehead atoms. The predicted molar refractivity (Wildman–Crippen MR) is 65.7 cm³/mol. The van der Waals surface area contributed by atoms with Crippen LogP contribution in [-0.4, -0.2) is 24.2 Å². The summed E-state index contributed by atoms with van der Waals surface area (Å²) in [6.45, 7) is 5.30. The third-order valence-electron chi connectivity index (χ3n) is 2.53. The molecule has 16 heavy (non-hydrogen) atoms. The summed E-state index contributed by atoms with van der Waals surface area (Å²) in [5.41, 5.74) is 1.09. The van der Waals surface area contributed by atoms with Gasteiger partial charge >= 0.3 is 5.97 Å². The molecule has 0 aliphatic heterocycles. The second kappa shape index (κ2) is 6.16. The maximum atomic E-state index is 10.8. The minimum Gasteiger partial charge on any atom is -0.481 e. The van der Waals surface area contributed by atoms with E-state index in [1.165, 1.54) is 0 Å². The number of aliphatic carboxylic acids is 1. The van der Waals surface area contributed by atoms with Crippen molar-refractivity contribution in [1.29, 1.82) is 0 Å². The molecule has 0 radical (unpaired) electrons. The molecule has 1 aromatic carbocycles. The highest BCUT2D eigenvalue weighted by molar-refractivity contribution is 5.70. The Morgan fingerprint density at radius 3 is 2.50 bits per heavy atom. The van der Waals surface area contributed by atoms with Crippen LogP contribution in [0.15, 0.2) is 30.3 Å². The molecular weight excluding hydrogens is 202 g/mol. The number of carboxylic acids is 1. The smallest absolute Gasteiger partial charge is 0.308 e. The summed E-state index contributed by atoms with van der Waals surface area (Å²) in [6.07, 6.45) is 1.02. The van der Waals surface area contributed by atoms with E-state index >= 15 is 0 Å². The number of rotatable bonds is 6. The lowest BCUT2D eigenvalue weighted by molar-refractivity contribution is -0.140. The van der Waals surface area contributed by atoms with Gasteiger partial charge in [-0.05, 0) is 18.6 Å². The first-order valence-electron chi connectivity index (χ1n) is 5.68. The quantitative estimate of drug-likeness (QED) is 0.802. The lowest BCUT2D eigenvalue weighted by Crippen LogP contribution is -2.32. The van der Waals surface area contributed by atoms with Crippen LogP contribution < -0.4 is 4.90 Å². The lowest BCUT2D eigenvalue weighted by atomic mass is 10.1.